The summed E-state index contributed by atoms with van der Waals surface area (Å²) in [4.78, 5) is 3.87. The minimum atomic E-state index is -3.68. The maximum absolute atomic E-state index is 12.1. The van der Waals surface area contributed by atoms with Crippen molar-refractivity contribution in [2.45, 2.75) is 32.3 Å². The van der Waals surface area contributed by atoms with Crippen LogP contribution < -0.4 is 4.72 Å². The molecule has 0 aromatic carbocycles. The second-order valence-corrected chi connectivity index (χ2v) is 5.60. The van der Waals surface area contributed by atoms with Gasteiger partial charge in [-0.05, 0) is 20.8 Å². The van der Waals surface area contributed by atoms with Crippen molar-refractivity contribution in [3.63, 3.8) is 0 Å². The Kier molecular flexibility index (Phi) is 3.12. The minimum absolute atomic E-state index is 0.00981. The second kappa shape index (κ2) is 4.45. The van der Waals surface area contributed by atoms with Crippen molar-refractivity contribution in [3.05, 3.63) is 23.8 Å². The largest absolute Gasteiger partial charge is 0.336 e. The molecule has 7 nitrogen and oxygen atoms in total. The molecule has 0 radical (unpaired) electrons. The molecule has 0 amide bonds. The van der Waals surface area contributed by atoms with E-state index in [4.69, 9.17) is 0 Å². The first kappa shape index (κ1) is 12.6. The zero-order valence-electron chi connectivity index (χ0n) is 10.4. The predicted octanol–water partition coefficient (Wildman–Crippen LogP) is 1.04. The van der Waals surface area contributed by atoms with E-state index in [1.807, 2.05) is 13.8 Å². The van der Waals surface area contributed by atoms with E-state index in [9.17, 15) is 8.42 Å². The summed E-state index contributed by atoms with van der Waals surface area (Å²) in [5.74, 6) is 0.304. The fourth-order valence-electron chi connectivity index (χ4n) is 1.42. The number of nitrogens with zero attached hydrogens (tertiary/aromatic N) is 3. The first-order valence-electron chi connectivity index (χ1n) is 5.50. The molecule has 0 saturated heterocycles. The van der Waals surface area contributed by atoms with Gasteiger partial charge in [-0.15, -0.1) is 0 Å². The normalized spacial score (nSPS) is 11.7. The van der Waals surface area contributed by atoms with Crippen LogP contribution >= 0.6 is 0 Å². The van der Waals surface area contributed by atoms with Gasteiger partial charge in [-0.2, -0.15) is 13.5 Å². The van der Waals surface area contributed by atoms with Crippen LogP contribution in [0.1, 0.15) is 18.2 Å². The quantitative estimate of drug-likeness (QED) is 0.867. The highest BCUT2D eigenvalue weighted by molar-refractivity contribution is 7.92. The Bertz CT molecular complexity index is 656. The zero-order chi connectivity index (χ0) is 13.3. The number of aryl methyl sites for hydroxylation is 2. The van der Waals surface area contributed by atoms with Crippen molar-refractivity contribution < 1.29 is 8.42 Å². The Morgan fingerprint density at radius 1 is 1.44 bits per heavy atom. The van der Waals surface area contributed by atoms with Crippen LogP contribution in [-0.2, 0) is 16.6 Å². The summed E-state index contributed by atoms with van der Waals surface area (Å²) in [6.45, 7) is 6.20. The standard InChI is InChI=1S/C10H15N5O2S/c1-4-15-5-9(11-6-15)18(16,17)14-10-7(2)8(3)12-13-10/h5-6H,4H2,1-3H3,(H2,12,13,14). The summed E-state index contributed by atoms with van der Waals surface area (Å²) in [5, 5.41) is 6.62. The third-order valence-electron chi connectivity index (χ3n) is 2.73. The SMILES string of the molecule is CCn1cnc(S(=O)(=O)Nc2n[nH]c(C)c2C)c1. The number of aromatic nitrogens is 4. The van der Waals surface area contributed by atoms with Crippen molar-refractivity contribution in [1.29, 1.82) is 0 Å². The van der Waals surface area contributed by atoms with Gasteiger partial charge in [0.15, 0.2) is 10.8 Å². The molecule has 2 heterocycles. The number of sulfonamides is 1. The van der Waals surface area contributed by atoms with Gasteiger partial charge in [-0.3, -0.25) is 9.82 Å². The number of hydrogen-bond donors (Lipinski definition) is 2. The minimum Gasteiger partial charge on any atom is -0.336 e. The Morgan fingerprint density at radius 3 is 2.67 bits per heavy atom. The van der Waals surface area contributed by atoms with E-state index in [0.717, 1.165) is 11.3 Å². The van der Waals surface area contributed by atoms with E-state index in [-0.39, 0.29) is 5.03 Å². The van der Waals surface area contributed by atoms with Gasteiger partial charge in [-0.1, -0.05) is 0 Å². The summed E-state index contributed by atoms with van der Waals surface area (Å²) < 4.78 is 28.2. The first-order chi connectivity index (χ1) is 8.44. The van der Waals surface area contributed by atoms with Crippen LogP contribution in [0.2, 0.25) is 0 Å². The summed E-state index contributed by atoms with van der Waals surface area (Å²) in [6.07, 6.45) is 2.97. The fourth-order valence-corrected chi connectivity index (χ4v) is 2.43. The summed E-state index contributed by atoms with van der Waals surface area (Å²) in [6, 6.07) is 0. The molecule has 0 unspecified atom stereocenters. The molecule has 98 valence electrons. The third-order valence-corrected chi connectivity index (χ3v) is 3.96. The number of anilines is 1. The Balaban J connectivity index is 2.30. The van der Waals surface area contributed by atoms with Gasteiger partial charge in [-0.25, -0.2) is 4.98 Å². The molecular weight excluding hydrogens is 254 g/mol. The molecule has 0 saturated carbocycles. The smallest absolute Gasteiger partial charge is 0.282 e. The van der Waals surface area contributed by atoms with Gasteiger partial charge < -0.3 is 4.57 Å². The van der Waals surface area contributed by atoms with E-state index in [1.54, 1.807) is 11.5 Å². The Hall–Kier alpha value is -1.83. The lowest BCUT2D eigenvalue weighted by Crippen LogP contribution is -2.14. The zero-order valence-corrected chi connectivity index (χ0v) is 11.2. The second-order valence-electron chi connectivity index (χ2n) is 3.97. The Morgan fingerprint density at radius 2 is 2.17 bits per heavy atom. The number of H-pyrrole nitrogens is 1. The van der Waals surface area contributed by atoms with E-state index >= 15 is 0 Å². The molecule has 0 spiro atoms. The van der Waals surface area contributed by atoms with E-state index < -0.39 is 10.0 Å². The summed E-state index contributed by atoms with van der Waals surface area (Å²) in [7, 11) is -3.68. The van der Waals surface area contributed by atoms with Crippen molar-refractivity contribution in [3.8, 4) is 0 Å². The molecule has 0 aliphatic heterocycles. The van der Waals surface area contributed by atoms with Crippen LogP contribution in [0.4, 0.5) is 5.82 Å². The van der Waals surface area contributed by atoms with Crippen molar-refractivity contribution in [1.82, 2.24) is 19.7 Å². The van der Waals surface area contributed by atoms with Gasteiger partial charge >= 0.3 is 0 Å². The van der Waals surface area contributed by atoms with Gasteiger partial charge in [0, 0.05) is 24.0 Å². The van der Waals surface area contributed by atoms with Crippen molar-refractivity contribution in [2.75, 3.05) is 4.72 Å². The molecule has 0 aliphatic rings. The van der Waals surface area contributed by atoms with Gasteiger partial charge in [0.1, 0.15) is 0 Å². The van der Waals surface area contributed by atoms with Crippen LogP contribution in [0.3, 0.4) is 0 Å². The lowest BCUT2D eigenvalue weighted by Gasteiger charge is -2.03. The lowest BCUT2D eigenvalue weighted by atomic mass is 10.3. The fraction of sp³-hybridized carbons (Fsp3) is 0.400. The monoisotopic (exact) mass is 269 g/mol. The highest BCUT2D eigenvalue weighted by atomic mass is 32.2. The van der Waals surface area contributed by atoms with Crippen LogP contribution in [0.25, 0.3) is 0 Å². The molecular formula is C10H15N5O2S. The highest BCUT2D eigenvalue weighted by Gasteiger charge is 2.20. The molecule has 0 aliphatic carbocycles. The first-order valence-corrected chi connectivity index (χ1v) is 6.98. The number of rotatable bonds is 4. The molecule has 0 bridgehead atoms. The van der Waals surface area contributed by atoms with Crippen LogP contribution in [0.5, 0.6) is 0 Å². The van der Waals surface area contributed by atoms with E-state index in [0.29, 0.717) is 12.4 Å². The highest BCUT2D eigenvalue weighted by Crippen LogP contribution is 2.18. The molecule has 18 heavy (non-hydrogen) atoms. The molecule has 0 fully saturated rings. The third kappa shape index (κ3) is 2.23. The maximum Gasteiger partial charge on any atom is 0.282 e. The number of aromatic amines is 1. The summed E-state index contributed by atoms with van der Waals surface area (Å²) in [5.41, 5.74) is 1.60. The topological polar surface area (TPSA) is 92.7 Å². The molecule has 2 rings (SSSR count). The maximum atomic E-state index is 12.1. The number of imidazole rings is 1. The summed E-state index contributed by atoms with van der Waals surface area (Å²) >= 11 is 0. The average molecular weight is 269 g/mol. The molecule has 2 aromatic rings. The van der Waals surface area contributed by atoms with Crippen LogP contribution in [0, 0.1) is 13.8 Å². The molecule has 8 heteroatoms. The van der Waals surface area contributed by atoms with Crippen molar-refractivity contribution in [2.24, 2.45) is 0 Å². The average Bonchev–Trinajstić information content (AvgIpc) is 2.91. The number of hydrogen-bond acceptors (Lipinski definition) is 4. The molecule has 2 aromatic heterocycles. The van der Waals surface area contributed by atoms with E-state index in [1.165, 1.54) is 12.5 Å². The van der Waals surface area contributed by atoms with Gasteiger partial charge in [0.05, 0.1) is 6.33 Å². The molecule has 2 N–H and O–H groups in total. The van der Waals surface area contributed by atoms with Gasteiger partial charge in [0.2, 0.25) is 0 Å². The number of nitrogens with one attached hydrogen (secondary N) is 2. The van der Waals surface area contributed by atoms with Crippen LogP contribution in [0.15, 0.2) is 17.6 Å². The van der Waals surface area contributed by atoms with Gasteiger partial charge in [0.25, 0.3) is 10.0 Å². The van der Waals surface area contributed by atoms with Crippen LogP contribution in [-0.4, -0.2) is 28.2 Å². The predicted molar refractivity (Wildman–Crippen MR) is 66.8 cm³/mol. The van der Waals surface area contributed by atoms with E-state index in [2.05, 4.69) is 19.9 Å². The molecule has 0 atom stereocenters. The Labute approximate surface area is 105 Å². The van der Waals surface area contributed by atoms with Crippen molar-refractivity contribution >= 4 is 15.8 Å². The lowest BCUT2D eigenvalue weighted by molar-refractivity contribution is 0.597.